The van der Waals surface area contributed by atoms with Gasteiger partial charge in [-0.1, -0.05) is 27.7 Å². The van der Waals surface area contributed by atoms with Crippen LogP contribution in [0, 0.1) is 10.8 Å². The van der Waals surface area contributed by atoms with Crippen LogP contribution in [0.3, 0.4) is 0 Å². The summed E-state index contributed by atoms with van der Waals surface area (Å²) < 4.78 is 26.3. The number of anilines is 1. The van der Waals surface area contributed by atoms with Crippen LogP contribution < -0.4 is 4.90 Å². The molecule has 0 aliphatic heterocycles. The average molecular weight is 431 g/mol. The second kappa shape index (κ2) is 7.39. The zero-order valence-corrected chi connectivity index (χ0v) is 18.5. The minimum absolute atomic E-state index is 0.247. The van der Waals surface area contributed by atoms with Crippen molar-refractivity contribution in [3.63, 3.8) is 0 Å². The van der Waals surface area contributed by atoms with Crippen molar-refractivity contribution >= 4 is 22.8 Å². The van der Waals surface area contributed by atoms with Gasteiger partial charge in [0.25, 0.3) is 0 Å². The van der Waals surface area contributed by atoms with Gasteiger partial charge in [0.1, 0.15) is 11.2 Å². The normalized spacial score (nSPS) is 16.0. The fourth-order valence-electron chi connectivity index (χ4n) is 3.95. The van der Waals surface area contributed by atoms with E-state index in [1.165, 1.54) is 24.3 Å². The van der Waals surface area contributed by atoms with Gasteiger partial charge in [0.15, 0.2) is 11.5 Å². The predicted octanol–water partition coefficient (Wildman–Crippen LogP) is 4.51. The van der Waals surface area contributed by atoms with E-state index in [-0.39, 0.29) is 11.8 Å². The number of aromatic amines is 2. The number of hydrogen-bond acceptors (Lipinski definition) is 4. The van der Waals surface area contributed by atoms with Gasteiger partial charge in [0.2, 0.25) is 12.3 Å². The van der Waals surface area contributed by atoms with Gasteiger partial charge in [0.05, 0.1) is 11.9 Å². The Morgan fingerprint density at radius 2 is 2.10 bits per heavy atom. The summed E-state index contributed by atoms with van der Waals surface area (Å²) in [7, 11) is 1.56. The molecule has 9 heteroatoms. The van der Waals surface area contributed by atoms with Crippen LogP contribution in [0.1, 0.15) is 51.8 Å². The van der Waals surface area contributed by atoms with Crippen LogP contribution in [0.25, 0.3) is 22.7 Å². The second-order valence-electron chi connectivity index (χ2n) is 9.94. The summed E-state index contributed by atoms with van der Waals surface area (Å²) in [5.41, 5.74) is 3.66. The summed E-state index contributed by atoms with van der Waals surface area (Å²) >= 11 is 0. The van der Waals surface area contributed by atoms with E-state index in [0.717, 1.165) is 30.7 Å². The summed E-state index contributed by atoms with van der Waals surface area (Å²) in [6, 6.07) is 1.73. The number of nitrogens with zero attached hydrogens (tertiary/aromatic N) is 4. The van der Waals surface area contributed by atoms with E-state index in [2.05, 4.69) is 39.0 Å². The number of carbonyl (C=O) groups is 1. The number of H-pyrrole nitrogens is 2. The van der Waals surface area contributed by atoms with Crippen LogP contribution in [-0.2, 0) is 17.6 Å². The van der Waals surface area contributed by atoms with Gasteiger partial charge >= 0.3 is 0 Å². The van der Waals surface area contributed by atoms with E-state index in [1.807, 2.05) is 0 Å². The van der Waals surface area contributed by atoms with Crippen molar-refractivity contribution in [2.24, 2.45) is 10.8 Å². The van der Waals surface area contributed by atoms with Crippen molar-refractivity contribution in [1.29, 1.82) is 0 Å². The largest absolute Gasteiger partial charge is 0.321 e. The van der Waals surface area contributed by atoms with Crippen molar-refractivity contribution in [2.75, 3.05) is 11.9 Å². The molecule has 1 aliphatic carbocycles. The number of hydrogen-bond donors (Lipinski definition) is 2. The van der Waals surface area contributed by atoms with Crippen LogP contribution in [0.2, 0.25) is 0 Å². The van der Waals surface area contributed by atoms with Crippen molar-refractivity contribution in [2.45, 2.75) is 59.8 Å². The molecule has 0 aromatic carbocycles. The molecule has 0 saturated heterocycles. The molecular formula is C22H28F2N6O. The number of nitrogens with one attached hydrogen (secondary N) is 2. The number of imidazole rings is 1. The Morgan fingerprint density at radius 1 is 1.35 bits per heavy atom. The van der Waals surface area contributed by atoms with E-state index < -0.39 is 17.7 Å². The molecule has 0 saturated carbocycles. The predicted molar refractivity (Wildman–Crippen MR) is 115 cm³/mol. The van der Waals surface area contributed by atoms with Crippen LogP contribution in [0.5, 0.6) is 0 Å². The highest BCUT2D eigenvalue weighted by Crippen LogP contribution is 2.37. The maximum absolute atomic E-state index is 13.1. The van der Waals surface area contributed by atoms with Gasteiger partial charge < -0.3 is 9.88 Å². The summed E-state index contributed by atoms with van der Waals surface area (Å²) in [5, 5.41) is 7.64. The van der Waals surface area contributed by atoms with Gasteiger partial charge in [-0.2, -0.15) is 5.10 Å². The number of amides is 1. The molecule has 1 aliphatic rings. The maximum atomic E-state index is 13.1. The molecule has 1 amide bonds. The first-order chi connectivity index (χ1) is 14.5. The molecule has 3 heterocycles. The Kier molecular flexibility index (Phi) is 5.10. The molecule has 166 valence electrons. The standard InChI is InChI=1S/C22H28F2N6O/c1-21(2)7-6-13-15(9-21)28-29-17(13)19-26-14-8-12(11-25-18(14)27-19)30(5)16(31)10-22(3,4)20(23)24/h8,11,20H,6-7,9-10H2,1-5H3,(H,28,29)(H,25,26,27). The van der Waals surface area contributed by atoms with Crippen molar-refractivity contribution in [1.82, 2.24) is 25.1 Å². The Balaban J connectivity index is 1.60. The van der Waals surface area contributed by atoms with E-state index in [0.29, 0.717) is 22.7 Å². The van der Waals surface area contributed by atoms with Gasteiger partial charge in [-0.25, -0.2) is 18.7 Å². The molecule has 0 bridgehead atoms. The van der Waals surface area contributed by atoms with Gasteiger partial charge in [0, 0.05) is 30.1 Å². The maximum Gasteiger partial charge on any atom is 0.244 e. The Labute approximate surface area is 179 Å². The van der Waals surface area contributed by atoms with Crippen LogP contribution >= 0.6 is 0 Å². The van der Waals surface area contributed by atoms with Crippen molar-refractivity contribution in [3.8, 4) is 11.5 Å². The highest BCUT2D eigenvalue weighted by Gasteiger charge is 2.34. The molecular weight excluding hydrogens is 402 g/mol. The third-order valence-corrected chi connectivity index (χ3v) is 6.17. The number of aromatic nitrogens is 5. The van der Waals surface area contributed by atoms with Gasteiger partial charge in [-0.05, 0) is 30.7 Å². The lowest BCUT2D eigenvalue weighted by Gasteiger charge is -2.28. The molecule has 3 aromatic heterocycles. The minimum atomic E-state index is -2.58. The lowest BCUT2D eigenvalue weighted by Crippen LogP contribution is -2.34. The van der Waals surface area contributed by atoms with Gasteiger partial charge in [-0.3, -0.25) is 9.89 Å². The van der Waals surface area contributed by atoms with Crippen molar-refractivity contribution < 1.29 is 13.6 Å². The molecule has 0 spiro atoms. The number of halogens is 2. The van der Waals surface area contributed by atoms with E-state index >= 15 is 0 Å². The lowest BCUT2D eigenvalue weighted by atomic mass is 9.76. The molecule has 3 aromatic rings. The second-order valence-corrected chi connectivity index (χ2v) is 9.94. The number of pyridine rings is 1. The Bertz CT molecular complexity index is 1130. The third-order valence-electron chi connectivity index (χ3n) is 6.17. The summed E-state index contributed by atoms with van der Waals surface area (Å²) in [6.07, 6.45) is 1.66. The van der Waals surface area contributed by atoms with Crippen LogP contribution in [0.4, 0.5) is 14.5 Å². The summed E-state index contributed by atoms with van der Waals surface area (Å²) in [6.45, 7) is 7.28. The molecule has 31 heavy (non-hydrogen) atoms. The van der Waals surface area contributed by atoms with Crippen LogP contribution in [0.15, 0.2) is 12.3 Å². The van der Waals surface area contributed by atoms with Crippen molar-refractivity contribution in [3.05, 3.63) is 23.5 Å². The highest BCUT2D eigenvalue weighted by atomic mass is 19.3. The molecule has 4 rings (SSSR count). The van der Waals surface area contributed by atoms with E-state index in [1.54, 1.807) is 19.3 Å². The highest BCUT2D eigenvalue weighted by molar-refractivity contribution is 5.94. The number of alkyl halides is 2. The lowest BCUT2D eigenvalue weighted by molar-refractivity contribution is -0.122. The number of fused-ring (bicyclic) bond motifs is 2. The SMILES string of the molecule is CN(C(=O)CC(C)(C)C(F)F)c1cnc2[nH]c(-c3n[nH]c4c3CCC(C)(C)C4)nc2c1. The molecule has 7 nitrogen and oxygen atoms in total. The van der Waals surface area contributed by atoms with E-state index in [9.17, 15) is 13.6 Å². The monoisotopic (exact) mass is 430 g/mol. The molecule has 0 unspecified atom stereocenters. The summed E-state index contributed by atoms with van der Waals surface area (Å²) in [5.74, 6) is 0.232. The van der Waals surface area contributed by atoms with Gasteiger partial charge in [-0.15, -0.1) is 0 Å². The Morgan fingerprint density at radius 3 is 2.81 bits per heavy atom. The minimum Gasteiger partial charge on any atom is -0.321 e. The molecule has 0 radical (unpaired) electrons. The first-order valence-electron chi connectivity index (χ1n) is 10.4. The zero-order valence-electron chi connectivity index (χ0n) is 18.5. The third kappa shape index (κ3) is 4.05. The fourth-order valence-corrected chi connectivity index (χ4v) is 3.95. The Hall–Kier alpha value is -2.84. The molecule has 0 atom stereocenters. The number of rotatable bonds is 5. The molecule has 2 N–H and O–H groups in total. The zero-order chi connectivity index (χ0) is 22.6. The quantitative estimate of drug-likeness (QED) is 0.623. The first kappa shape index (κ1) is 21.4. The number of carbonyl (C=O) groups excluding carboxylic acids is 1. The first-order valence-corrected chi connectivity index (χ1v) is 10.4. The smallest absolute Gasteiger partial charge is 0.244 e. The van der Waals surface area contributed by atoms with E-state index in [4.69, 9.17) is 0 Å². The summed E-state index contributed by atoms with van der Waals surface area (Å²) in [4.78, 5) is 26.1. The fraction of sp³-hybridized carbons (Fsp3) is 0.545. The average Bonchev–Trinajstić information content (AvgIpc) is 3.28. The molecule has 0 fully saturated rings. The topological polar surface area (TPSA) is 90.6 Å². The van der Waals surface area contributed by atoms with Crippen LogP contribution in [-0.4, -0.2) is 44.5 Å².